The molecular formula is C34H34O7. The van der Waals surface area contributed by atoms with E-state index in [2.05, 4.69) is 0 Å². The first-order valence-corrected chi connectivity index (χ1v) is 13.7. The van der Waals surface area contributed by atoms with Crippen LogP contribution in [0.25, 0.3) is 0 Å². The summed E-state index contributed by atoms with van der Waals surface area (Å²) >= 11 is 0. The lowest BCUT2D eigenvalue weighted by Crippen LogP contribution is -2.62. The number of ether oxygens (including phenoxy) is 5. The molecule has 1 N–H and O–H groups in total. The Labute approximate surface area is 240 Å². The van der Waals surface area contributed by atoms with Crippen LogP contribution in [0.1, 0.15) is 22.3 Å². The number of carboxylic acids is 1. The maximum Gasteiger partial charge on any atom is 0.335 e. The number of hydrogen-bond donors (Lipinski definition) is 1. The van der Waals surface area contributed by atoms with Gasteiger partial charge in [-0.2, -0.15) is 0 Å². The molecule has 0 spiro atoms. The number of carboxylic acid groups (broad SMARTS) is 1. The fourth-order valence-corrected chi connectivity index (χ4v) is 4.74. The normalized spacial score (nSPS) is 22.3. The Morgan fingerprint density at radius 3 is 1.24 bits per heavy atom. The average molecular weight is 555 g/mol. The average Bonchev–Trinajstić information content (AvgIpc) is 3.03. The van der Waals surface area contributed by atoms with Crippen LogP contribution >= 0.6 is 0 Å². The zero-order valence-corrected chi connectivity index (χ0v) is 22.7. The summed E-state index contributed by atoms with van der Waals surface area (Å²) in [6, 6.07) is 38.7. The van der Waals surface area contributed by atoms with Crippen molar-refractivity contribution in [3.05, 3.63) is 144 Å². The summed E-state index contributed by atoms with van der Waals surface area (Å²) in [5.74, 6) is -1.16. The topological polar surface area (TPSA) is 83.5 Å². The molecule has 0 bridgehead atoms. The molecule has 0 aliphatic carbocycles. The second kappa shape index (κ2) is 14.7. The third-order valence-electron chi connectivity index (χ3n) is 6.85. The molecule has 1 fully saturated rings. The minimum atomic E-state index is -1.34. The van der Waals surface area contributed by atoms with Crippen LogP contribution in [0, 0.1) is 0 Å². The number of aliphatic carboxylic acids is 1. The van der Waals surface area contributed by atoms with Gasteiger partial charge in [0.05, 0.1) is 26.4 Å². The molecule has 4 aromatic rings. The smallest absolute Gasteiger partial charge is 0.335 e. The summed E-state index contributed by atoms with van der Waals surface area (Å²) in [7, 11) is 0. The SMILES string of the molecule is O=C(O)C1OC(OCc2ccccc2)C(OCc2ccccc2)C(OCc2ccccc2)C1OCc1ccccc1. The molecule has 7 nitrogen and oxygen atoms in total. The van der Waals surface area contributed by atoms with E-state index in [1.165, 1.54) is 0 Å². The van der Waals surface area contributed by atoms with E-state index in [9.17, 15) is 9.90 Å². The van der Waals surface area contributed by atoms with Crippen LogP contribution < -0.4 is 0 Å². The molecule has 212 valence electrons. The van der Waals surface area contributed by atoms with Gasteiger partial charge < -0.3 is 28.8 Å². The highest BCUT2D eigenvalue weighted by Gasteiger charge is 2.51. The van der Waals surface area contributed by atoms with Gasteiger partial charge in [0.1, 0.15) is 18.3 Å². The molecular weight excluding hydrogens is 520 g/mol. The monoisotopic (exact) mass is 554 g/mol. The van der Waals surface area contributed by atoms with E-state index in [1.54, 1.807) is 0 Å². The van der Waals surface area contributed by atoms with Gasteiger partial charge in [-0.1, -0.05) is 121 Å². The van der Waals surface area contributed by atoms with Gasteiger partial charge in [-0.3, -0.25) is 0 Å². The predicted octanol–water partition coefficient (Wildman–Crippen LogP) is 5.77. The van der Waals surface area contributed by atoms with Gasteiger partial charge in [-0.25, -0.2) is 4.79 Å². The summed E-state index contributed by atoms with van der Waals surface area (Å²) in [5, 5.41) is 10.2. The Morgan fingerprint density at radius 2 is 0.854 bits per heavy atom. The van der Waals surface area contributed by atoms with Gasteiger partial charge in [-0.05, 0) is 22.3 Å². The molecule has 7 heteroatoms. The van der Waals surface area contributed by atoms with Crippen LogP contribution in [-0.4, -0.2) is 41.8 Å². The molecule has 1 saturated heterocycles. The van der Waals surface area contributed by atoms with Gasteiger partial charge in [-0.15, -0.1) is 0 Å². The second-order valence-electron chi connectivity index (χ2n) is 9.84. The third-order valence-corrected chi connectivity index (χ3v) is 6.85. The molecule has 5 unspecified atom stereocenters. The first-order chi connectivity index (χ1) is 20.2. The molecule has 0 amide bonds. The highest BCUT2D eigenvalue weighted by atomic mass is 16.7. The Bertz CT molecular complexity index is 1320. The van der Waals surface area contributed by atoms with Crippen molar-refractivity contribution in [2.75, 3.05) is 0 Å². The number of rotatable bonds is 13. The molecule has 4 aromatic carbocycles. The van der Waals surface area contributed by atoms with E-state index in [4.69, 9.17) is 23.7 Å². The maximum atomic E-state index is 12.5. The molecule has 5 rings (SSSR count). The first kappa shape index (κ1) is 28.7. The number of hydrogen-bond acceptors (Lipinski definition) is 6. The van der Waals surface area contributed by atoms with Gasteiger partial charge >= 0.3 is 5.97 Å². The minimum absolute atomic E-state index is 0.185. The van der Waals surface area contributed by atoms with Crippen molar-refractivity contribution in [3.63, 3.8) is 0 Å². The van der Waals surface area contributed by atoms with E-state index < -0.39 is 36.7 Å². The van der Waals surface area contributed by atoms with Crippen LogP contribution in [0.15, 0.2) is 121 Å². The Balaban J connectivity index is 1.44. The van der Waals surface area contributed by atoms with E-state index in [1.807, 2.05) is 121 Å². The summed E-state index contributed by atoms with van der Waals surface area (Å²) in [4.78, 5) is 12.5. The van der Waals surface area contributed by atoms with Crippen LogP contribution in [0.2, 0.25) is 0 Å². The highest BCUT2D eigenvalue weighted by Crippen LogP contribution is 2.32. The molecule has 1 aliphatic rings. The van der Waals surface area contributed by atoms with Crippen LogP contribution in [0.4, 0.5) is 0 Å². The van der Waals surface area contributed by atoms with Crippen molar-refractivity contribution >= 4 is 5.97 Å². The van der Waals surface area contributed by atoms with Crippen molar-refractivity contribution in [2.24, 2.45) is 0 Å². The summed E-state index contributed by atoms with van der Waals surface area (Å²) < 4.78 is 31.5. The lowest BCUT2D eigenvalue weighted by Gasteiger charge is -2.44. The maximum absolute atomic E-state index is 12.5. The molecule has 0 aromatic heterocycles. The van der Waals surface area contributed by atoms with Gasteiger partial charge in [0, 0.05) is 0 Å². The molecule has 1 aliphatic heterocycles. The highest BCUT2D eigenvalue weighted by molar-refractivity contribution is 5.73. The Morgan fingerprint density at radius 1 is 0.512 bits per heavy atom. The van der Waals surface area contributed by atoms with Gasteiger partial charge in [0.15, 0.2) is 12.4 Å². The Kier molecular flexibility index (Phi) is 10.3. The van der Waals surface area contributed by atoms with Crippen molar-refractivity contribution in [1.29, 1.82) is 0 Å². The number of benzene rings is 4. The zero-order valence-electron chi connectivity index (χ0n) is 22.7. The van der Waals surface area contributed by atoms with Gasteiger partial charge in [0.25, 0.3) is 0 Å². The lowest BCUT2D eigenvalue weighted by atomic mass is 9.97. The van der Waals surface area contributed by atoms with Crippen LogP contribution in [0.3, 0.4) is 0 Å². The van der Waals surface area contributed by atoms with Gasteiger partial charge in [0.2, 0.25) is 0 Å². The molecule has 0 saturated carbocycles. The van der Waals surface area contributed by atoms with E-state index in [0.29, 0.717) is 0 Å². The van der Waals surface area contributed by atoms with Crippen molar-refractivity contribution in [1.82, 2.24) is 0 Å². The van der Waals surface area contributed by atoms with Crippen molar-refractivity contribution in [3.8, 4) is 0 Å². The quantitative estimate of drug-likeness (QED) is 0.225. The van der Waals surface area contributed by atoms with Crippen LogP contribution in [0.5, 0.6) is 0 Å². The summed E-state index contributed by atoms with van der Waals surface area (Å²) in [6.45, 7) is 0.892. The Hall–Kier alpha value is -3.85. The molecule has 5 atom stereocenters. The van der Waals surface area contributed by atoms with Crippen molar-refractivity contribution in [2.45, 2.75) is 57.1 Å². The predicted molar refractivity (Wildman–Crippen MR) is 153 cm³/mol. The summed E-state index contributed by atoms with van der Waals surface area (Å²) in [5.41, 5.74) is 3.73. The molecule has 41 heavy (non-hydrogen) atoms. The molecule has 1 heterocycles. The van der Waals surface area contributed by atoms with E-state index in [-0.39, 0.29) is 26.4 Å². The minimum Gasteiger partial charge on any atom is -0.479 e. The van der Waals surface area contributed by atoms with E-state index in [0.717, 1.165) is 22.3 Å². The molecule has 0 radical (unpaired) electrons. The number of carbonyl (C=O) groups is 1. The zero-order chi connectivity index (χ0) is 28.3. The van der Waals surface area contributed by atoms with Crippen molar-refractivity contribution < 1.29 is 33.6 Å². The fourth-order valence-electron chi connectivity index (χ4n) is 4.74. The summed E-state index contributed by atoms with van der Waals surface area (Å²) in [6.07, 6.45) is -4.90. The van der Waals surface area contributed by atoms with E-state index >= 15 is 0 Å². The third kappa shape index (κ3) is 8.10. The first-order valence-electron chi connectivity index (χ1n) is 13.7. The fraction of sp³-hybridized carbons (Fsp3) is 0.265. The standard InChI is InChI=1S/C34H34O7/c35-33(36)31-29(37-21-25-13-5-1-6-14-25)30(38-22-26-15-7-2-8-16-26)32(39-23-27-17-9-3-10-18-27)34(41-31)40-24-28-19-11-4-12-20-28/h1-20,29-32,34H,21-24H2,(H,35,36). The second-order valence-corrected chi connectivity index (χ2v) is 9.84. The lowest BCUT2D eigenvalue weighted by molar-refractivity contribution is -0.322. The van der Waals surface area contributed by atoms with Crippen LogP contribution in [-0.2, 0) is 54.9 Å². The largest absolute Gasteiger partial charge is 0.479 e.